The van der Waals surface area contributed by atoms with Crippen molar-refractivity contribution < 1.29 is 31.9 Å². The molecular weight excluding hydrogens is 442 g/mol. The van der Waals surface area contributed by atoms with Gasteiger partial charge in [0, 0.05) is 29.1 Å². The van der Waals surface area contributed by atoms with E-state index in [9.17, 15) is 27.2 Å². The molecule has 1 amide bonds. The Labute approximate surface area is 186 Å². The van der Waals surface area contributed by atoms with E-state index >= 15 is 0 Å². The molecule has 33 heavy (non-hydrogen) atoms. The summed E-state index contributed by atoms with van der Waals surface area (Å²) in [4.78, 5) is 23.6. The highest BCUT2D eigenvalue weighted by molar-refractivity contribution is 6.06. The van der Waals surface area contributed by atoms with E-state index in [4.69, 9.17) is 4.74 Å². The summed E-state index contributed by atoms with van der Waals surface area (Å²) < 4.78 is 59.8. The van der Waals surface area contributed by atoms with Crippen LogP contribution in [0.5, 0.6) is 5.75 Å². The first kappa shape index (κ1) is 22.8. The van der Waals surface area contributed by atoms with Crippen molar-refractivity contribution in [1.29, 1.82) is 0 Å². The number of carbonyl (C=O) groups is 2. The normalized spacial score (nSPS) is 18.8. The summed E-state index contributed by atoms with van der Waals surface area (Å²) in [5.74, 6) is -1.73. The Balaban J connectivity index is 1.61. The molecule has 1 fully saturated rings. The van der Waals surface area contributed by atoms with Gasteiger partial charge in [0.15, 0.2) is 0 Å². The Hall–Kier alpha value is -3.43. The number of rotatable bonds is 5. The molecule has 0 spiro atoms. The molecule has 2 aromatic carbocycles. The van der Waals surface area contributed by atoms with Gasteiger partial charge in [-0.25, -0.2) is 4.39 Å². The summed E-state index contributed by atoms with van der Waals surface area (Å²) >= 11 is 0. The van der Waals surface area contributed by atoms with Crippen LogP contribution in [-0.4, -0.2) is 29.1 Å². The van der Waals surface area contributed by atoms with E-state index in [0.717, 1.165) is 38.0 Å². The lowest BCUT2D eigenvalue weighted by atomic mass is 9.87. The average molecular weight is 463 g/mol. The van der Waals surface area contributed by atoms with E-state index in [0.29, 0.717) is 23.0 Å². The standard InChI is InChI=1S/C23H21F4N3O3/c1-33-21-10-19-15(11-30(29-19)18-4-2-13(12-31)3-5-18)8-20(21)28-22(32)14-6-16(23(25,26)27)9-17(24)7-14/h6-13,18H,2-5H2,1H3,(H,28,32). The van der Waals surface area contributed by atoms with E-state index < -0.39 is 29.0 Å². The summed E-state index contributed by atoms with van der Waals surface area (Å²) in [6, 6.07) is 5.04. The van der Waals surface area contributed by atoms with Crippen LogP contribution in [0.2, 0.25) is 0 Å². The zero-order valence-electron chi connectivity index (χ0n) is 17.7. The zero-order valence-corrected chi connectivity index (χ0v) is 17.7. The number of carbonyl (C=O) groups excluding carboxylic acids is 2. The molecule has 0 aliphatic heterocycles. The number of anilines is 1. The van der Waals surface area contributed by atoms with E-state index in [-0.39, 0.29) is 23.4 Å². The summed E-state index contributed by atoms with van der Waals surface area (Å²) in [7, 11) is 1.39. The Kier molecular flexibility index (Phi) is 6.09. The van der Waals surface area contributed by atoms with E-state index in [2.05, 4.69) is 10.4 Å². The topological polar surface area (TPSA) is 73.2 Å². The number of nitrogens with one attached hydrogen (secondary N) is 1. The van der Waals surface area contributed by atoms with Crippen molar-refractivity contribution in [1.82, 2.24) is 9.78 Å². The van der Waals surface area contributed by atoms with Crippen LogP contribution in [0, 0.1) is 11.7 Å². The van der Waals surface area contributed by atoms with Gasteiger partial charge in [0.05, 0.1) is 29.9 Å². The van der Waals surface area contributed by atoms with Crippen molar-refractivity contribution in [2.45, 2.75) is 37.9 Å². The molecule has 1 aliphatic rings. The molecule has 0 radical (unpaired) electrons. The summed E-state index contributed by atoms with van der Waals surface area (Å²) in [6.07, 6.45) is 1.25. The number of halogens is 4. The average Bonchev–Trinajstić information content (AvgIpc) is 3.20. The zero-order chi connectivity index (χ0) is 23.8. The number of alkyl halides is 3. The van der Waals surface area contributed by atoms with E-state index in [1.165, 1.54) is 7.11 Å². The van der Waals surface area contributed by atoms with Crippen LogP contribution in [-0.2, 0) is 11.0 Å². The fraction of sp³-hybridized carbons (Fsp3) is 0.348. The smallest absolute Gasteiger partial charge is 0.416 e. The SMILES string of the molecule is COc1cc2nn(C3CCC(C=O)CC3)cc2cc1NC(=O)c1cc(F)cc(C(F)(F)F)c1. The number of aldehydes is 1. The molecule has 1 saturated carbocycles. The van der Waals surface area contributed by atoms with Crippen LogP contribution in [0.4, 0.5) is 23.2 Å². The van der Waals surface area contributed by atoms with Crippen molar-refractivity contribution in [3.63, 3.8) is 0 Å². The van der Waals surface area contributed by atoms with Gasteiger partial charge >= 0.3 is 6.18 Å². The van der Waals surface area contributed by atoms with E-state index in [1.807, 2.05) is 10.9 Å². The second-order valence-electron chi connectivity index (χ2n) is 8.11. The number of hydrogen-bond donors (Lipinski definition) is 1. The predicted octanol–water partition coefficient (Wildman–Crippen LogP) is 5.39. The van der Waals surface area contributed by atoms with Gasteiger partial charge in [-0.1, -0.05) is 0 Å². The van der Waals surface area contributed by atoms with Crippen molar-refractivity contribution in [3.05, 3.63) is 53.5 Å². The Morgan fingerprint density at radius 3 is 2.52 bits per heavy atom. The van der Waals surface area contributed by atoms with E-state index in [1.54, 1.807) is 12.1 Å². The van der Waals surface area contributed by atoms with Gasteiger partial charge in [0.25, 0.3) is 5.91 Å². The van der Waals surface area contributed by atoms with Crippen molar-refractivity contribution in [2.24, 2.45) is 5.92 Å². The van der Waals surface area contributed by atoms with Gasteiger partial charge in [-0.15, -0.1) is 0 Å². The molecule has 1 aliphatic carbocycles. The summed E-state index contributed by atoms with van der Waals surface area (Å²) in [6.45, 7) is 0. The third kappa shape index (κ3) is 4.84. The minimum Gasteiger partial charge on any atom is -0.494 e. The number of nitrogens with zero attached hydrogens (tertiary/aromatic N) is 2. The first-order chi connectivity index (χ1) is 15.7. The van der Waals surface area contributed by atoms with Crippen LogP contribution in [0.25, 0.3) is 10.9 Å². The number of hydrogen-bond acceptors (Lipinski definition) is 4. The number of benzene rings is 2. The predicted molar refractivity (Wildman–Crippen MR) is 113 cm³/mol. The van der Waals surface area contributed by atoms with Gasteiger partial charge in [0.1, 0.15) is 17.9 Å². The Bertz CT molecular complexity index is 1200. The largest absolute Gasteiger partial charge is 0.494 e. The van der Waals surface area contributed by atoms with Crippen LogP contribution < -0.4 is 10.1 Å². The lowest BCUT2D eigenvalue weighted by molar-refractivity contribution is -0.137. The molecule has 3 aromatic rings. The quantitative estimate of drug-likeness (QED) is 0.407. The van der Waals surface area contributed by atoms with Crippen molar-refractivity contribution in [2.75, 3.05) is 12.4 Å². The second-order valence-corrected chi connectivity index (χ2v) is 8.11. The highest BCUT2D eigenvalue weighted by Gasteiger charge is 2.32. The molecule has 0 atom stereocenters. The lowest BCUT2D eigenvalue weighted by Crippen LogP contribution is -2.19. The minimum atomic E-state index is -4.78. The molecule has 10 heteroatoms. The number of methoxy groups -OCH3 is 1. The number of amides is 1. The maximum absolute atomic E-state index is 13.7. The molecule has 6 nitrogen and oxygen atoms in total. The maximum Gasteiger partial charge on any atom is 0.416 e. The molecule has 4 rings (SSSR count). The molecule has 1 aromatic heterocycles. The van der Waals surface area contributed by atoms with Gasteiger partial charge < -0.3 is 14.8 Å². The van der Waals surface area contributed by atoms with Crippen molar-refractivity contribution >= 4 is 28.8 Å². The number of ether oxygens (including phenoxy) is 1. The summed E-state index contributed by atoms with van der Waals surface area (Å²) in [5.41, 5.74) is -0.878. The van der Waals surface area contributed by atoms with Crippen LogP contribution >= 0.6 is 0 Å². The molecule has 1 N–H and O–H groups in total. The fourth-order valence-corrected chi connectivity index (χ4v) is 4.11. The van der Waals surface area contributed by atoms with Crippen molar-refractivity contribution in [3.8, 4) is 5.75 Å². The van der Waals surface area contributed by atoms with Gasteiger partial charge in [-0.2, -0.15) is 18.3 Å². The molecule has 1 heterocycles. The Morgan fingerprint density at radius 2 is 1.88 bits per heavy atom. The van der Waals surface area contributed by atoms with Gasteiger partial charge in [0.2, 0.25) is 0 Å². The third-order valence-electron chi connectivity index (χ3n) is 5.89. The molecule has 0 unspecified atom stereocenters. The van der Waals surface area contributed by atoms with Crippen LogP contribution in [0.3, 0.4) is 0 Å². The Morgan fingerprint density at radius 1 is 1.15 bits per heavy atom. The first-order valence-electron chi connectivity index (χ1n) is 10.4. The molecule has 174 valence electrons. The molecule has 0 bridgehead atoms. The monoisotopic (exact) mass is 463 g/mol. The highest BCUT2D eigenvalue weighted by Crippen LogP contribution is 2.35. The van der Waals surface area contributed by atoms with Crippen LogP contribution in [0.1, 0.15) is 47.6 Å². The molecule has 0 saturated heterocycles. The first-order valence-corrected chi connectivity index (χ1v) is 10.4. The lowest BCUT2D eigenvalue weighted by Gasteiger charge is -2.25. The minimum absolute atomic E-state index is 0.0776. The molecular formula is C23H21F4N3O3. The maximum atomic E-state index is 13.7. The van der Waals surface area contributed by atoms with Gasteiger partial charge in [-0.05, 0) is 49.9 Å². The number of aromatic nitrogens is 2. The summed E-state index contributed by atoms with van der Waals surface area (Å²) in [5, 5.41) is 7.78. The van der Waals surface area contributed by atoms with Gasteiger partial charge in [-0.3, -0.25) is 9.48 Å². The highest BCUT2D eigenvalue weighted by atomic mass is 19.4. The third-order valence-corrected chi connectivity index (χ3v) is 5.89. The second kappa shape index (κ2) is 8.84. The van der Waals surface area contributed by atoms with Crippen LogP contribution in [0.15, 0.2) is 36.5 Å². The number of fused-ring (bicyclic) bond motifs is 1. The fourth-order valence-electron chi connectivity index (χ4n) is 4.11.